The summed E-state index contributed by atoms with van der Waals surface area (Å²) >= 11 is 0. The molecule has 118 valence electrons. The van der Waals surface area contributed by atoms with Crippen molar-refractivity contribution in [1.29, 1.82) is 0 Å². The van der Waals surface area contributed by atoms with Gasteiger partial charge in [0.25, 0.3) is 0 Å². The van der Waals surface area contributed by atoms with E-state index in [2.05, 4.69) is 5.32 Å². The number of hydrogen-bond acceptors (Lipinski definition) is 5. The molecular formula is C13H26N2O4S. The van der Waals surface area contributed by atoms with Gasteiger partial charge in [-0.1, -0.05) is 6.08 Å². The summed E-state index contributed by atoms with van der Waals surface area (Å²) in [7, 11) is -3.12. The van der Waals surface area contributed by atoms with E-state index in [9.17, 15) is 13.2 Å². The highest BCUT2D eigenvalue weighted by molar-refractivity contribution is 7.93. The molecule has 7 heteroatoms. The van der Waals surface area contributed by atoms with Crippen LogP contribution in [-0.4, -0.2) is 39.0 Å². The Kier molecular flexibility index (Phi) is 7.82. The Morgan fingerprint density at radius 3 is 2.45 bits per heavy atom. The van der Waals surface area contributed by atoms with Crippen LogP contribution in [0, 0.1) is 0 Å². The van der Waals surface area contributed by atoms with Crippen molar-refractivity contribution < 1.29 is 17.9 Å². The van der Waals surface area contributed by atoms with Crippen molar-refractivity contribution in [3.63, 3.8) is 0 Å². The first kappa shape index (κ1) is 18.9. The summed E-state index contributed by atoms with van der Waals surface area (Å²) in [6.45, 7) is 5.93. The van der Waals surface area contributed by atoms with Crippen LogP contribution < -0.4 is 11.1 Å². The molecule has 6 nitrogen and oxygen atoms in total. The van der Waals surface area contributed by atoms with Gasteiger partial charge < -0.3 is 15.8 Å². The number of hydrogen-bond donors (Lipinski definition) is 2. The second-order valence-corrected chi connectivity index (χ2v) is 7.68. The first-order valence-corrected chi connectivity index (χ1v) is 8.56. The quantitative estimate of drug-likeness (QED) is 0.696. The number of sulfone groups is 1. The van der Waals surface area contributed by atoms with E-state index in [4.69, 9.17) is 10.5 Å². The molecule has 0 radical (unpaired) electrons. The Bertz CT molecular complexity index is 424. The molecule has 0 saturated carbocycles. The summed E-state index contributed by atoms with van der Waals surface area (Å²) in [5.74, 6) is 0. The van der Waals surface area contributed by atoms with Crippen LogP contribution in [0.3, 0.4) is 0 Å². The lowest BCUT2D eigenvalue weighted by atomic mass is 10.1. The molecular weight excluding hydrogens is 280 g/mol. The zero-order valence-electron chi connectivity index (χ0n) is 12.7. The second kappa shape index (κ2) is 8.26. The van der Waals surface area contributed by atoms with Gasteiger partial charge in [0.1, 0.15) is 5.60 Å². The number of rotatable bonds is 7. The summed E-state index contributed by atoms with van der Waals surface area (Å²) in [5.41, 5.74) is 5.25. The van der Waals surface area contributed by atoms with Crippen molar-refractivity contribution in [2.24, 2.45) is 5.73 Å². The van der Waals surface area contributed by atoms with Gasteiger partial charge in [0.15, 0.2) is 9.84 Å². The van der Waals surface area contributed by atoms with E-state index in [1.807, 2.05) is 0 Å². The topological polar surface area (TPSA) is 98.5 Å². The predicted molar refractivity (Wildman–Crippen MR) is 80.0 cm³/mol. The molecule has 0 aliphatic heterocycles. The molecule has 0 aromatic rings. The Morgan fingerprint density at radius 1 is 1.35 bits per heavy atom. The summed E-state index contributed by atoms with van der Waals surface area (Å²) in [5, 5.41) is 3.77. The number of amides is 1. The first-order chi connectivity index (χ1) is 8.99. The number of carbonyl (C=O) groups is 1. The number of alkyl carbamates (subject to hydrolysis) is 1. The van der Waals surface area contributed by atoms with E-state index in [1.165, 1.54) is 6.08 Å². The van der Waals surface area contributed by atoms with Crippen molar-refractivity contribution >= 4 is 15.9 Å². The summed E-state index contributed by atoms with van der Waals surface area (Å²) in [4.78, 5) is 11.3. The maximum Gasteiger partial charge on any atom is 0.407 e. The van der Waals surface area contributed by atoms with Crippen molar-refractivity contribution in [3.8, 4) is 0 Å². The normalized spacial score (nSPS) is 14.2. The predicted octanol–water partition coefficient (Wildman–Crippen LogP) is 1.57. The molecule has 0 aliphatic carbocycles. The van der Waals surface area contributed by atoms with Crippen molar-refractivity contribution in [2.45, 2.75) is 51.7 Å². The SMILES string of the molecule is CC(C)(C)OC(=O)NCCCC[C@H](N)/C=C/S(C)(=O)=O. The van der Waals surface area contributed by atoms with Crippen LogP contribution in [0.2, 0.25) is 0 Å². The molecule has 0 fully saturated rings. The van der Waals surface area contributed by atoms with E-state index in [1.54, 1.807) is 20.8 Å². The van der Waals surface area contributed by atoms with Gasteiger partial charge in [-0.05, 0) is 40.0 Å². The molecule has 0 aromatic carbocycles. The van der Waals surface area contributed by atoms with Gasteiger partial charge in [-0.25, -0.2) is 13.2 Å². The summed E-state index contributed by atoms with van der Waals surface area (Å²) in [6.07, 6.45) is 4.41. The van der Waals surface area contributed by atoms with Crippen LogP contribution in [0.1, 0.15) is 40.0 Å². The second-order valence-electron chi connectivity index (χ2n) is 5.75. The number of carbonyl (C=O) groups excluding carboxylic acids is 1. The fourth-order valence-corrected chi connectivity index (χ4v) is 1.84. The molecule has 0 aromatic heterocycles. The van der Waals surface area contributed by atoms with Crippen molar-refractivity contribution in [1.82, 2.24) is 5.32 Å². The maximum atomic E-state index is 11.3. The Labute approximate surface area is 121 Å². The molecule has 20 heavy (non-hydrogen) atoms. The zero-order valence-corrected chi connectivity index (χ0v) is 13.5. The fourth-order valence-electron chi connectivity index (χ4n) is 1.35. The smallest absolute Gasteiger partial charge is 0.407 e. The number of unbranched alkanes of at least 4 members (excludes halogenated alkanes) is 1. The minimum atomic E-state index is -3.12. The van der Waals surface area contributed by atoms with Gasteiger partial charge >= 0.3 is 6.09 Å². The lowest BCUT2D eigenvalue weighted by Crippen LogP contribution is -2.33. The molecule has 0 spiro atoms. The van der Waals surface area contributed by atoms with E-state index < -0.39 is 21.5 Å². The van der Waals surface area contributed by atoms with Gasteiger partial charge in [-0.3, -0.25) is 0 Å². The number of ether oxygens (including phenoxy) is 1. The summed E-state index contributed by atoms with van der Waals surface area (Å²) in [6, 6.07) is -0.286. The molecule has 0 bridgehead atoms. The third-order valence-corrected chi connectivity index (χ3v) is 2.86. The van der Waals surface area contributed by atoms with Gasteiger partial charge in [-0.2, -0.15) is 0 Å². The largest absolute Gasteiger partial charge is 0.444 e. The molecule has 0 saturated heterocycles. The first-order valence-electron chi connectivity index (χ1n) is 6.60. The lowest BCUT2D eigenvalue weighted by Gasteiger charge is -2.19. The standard InChI is InChI=1S/C13H26N2O4S/c1-13(2,3)19-12(16)15-9-6-5-7-11(14)8-10-20(4,17)18/h8,10-11H,5-7,9,14H2,1-4H3,(H,15,16)/b10-8+/t11-/m0/s1. The van der Waals surface area contributed by atoms with Gasteiger partial charge in [0.05, 0.1) is 0 Å². The van der Waals surface area contributed by atoms with E-state index >= 15 is 0 Å². The van der Waals surface area contributed by atoms with Gasteiger partial charge in [0, 0.05) is 24.3 Å². The Balaban J connectivity index is 3.72. The fraction of sp³-hybridized carbons (Fsp3) is 0.769. The van der Waals surface area contributed by atoms with E-state index in [0.717, 1.165) is 24.5 Å². The van der Waals surface area contributed by atoms with Crippen LogP contribution >= 0.6 is 0 Å². The highest BCUT2D eigenvalue weighted by Gasteiger charge is 2.15. The van der Waals surface area contributed by atoms with Crippen LogP contribution in [0.15, 0.2) is 11.5 Å². The van der Waals surface area contributed by atoms with Crippen LogP contribution in [0.25, 0.3) is 0 Å². The van der Waals surface area contributed by atoms with Crippen LogP contribution in [0.4, 0.5) is 4.79 Å². The molecule has 1 atom stereocenters. The minimum absolute atomic E-state index is 0.286. The van der Waals surface area contributed by atoms with Crippen molar-refractivity contribution in [3.05, 3.63) is 11.5 Å². The zero-order chi connectivity index (χ0) is 15.8. The van der Waals surface area contributed by atoms with Crippen molar-refractivity contribution in [2.75, 3.05) is 12.8 Å². The molecule has 0 heterocycles. The number of nitrogens with two attached hydrogens (primary N) is 1. The van der Waals surface area contributed by atoms with Crippen LogP contribution in [-0.2, 0) is 14.6 Å². The molecule has 0 aliphatic rings. The lowest BCUT2D eigenvalue weighted by molar-refractivity contribution is 0.0527. The molecule has 1 amide bonds. The highest BCUT2D eigenvalue weighted by Crippen LogP contribution is 2.06. The maximum absolute atomic E-state index is 11.3. The molecule has 0 rings (SSSR count). The molecule has 0 unspecified atom stereocenters. The van der Waals surface area contributed by atoms with E-state index in [0.29, 0.717) is 13.0 Å². The monoisotopic (exact) mass is 306 g/mol. The Morgan fingerprint density at radius 2 is 1.95 bits per heavy atom. The van der Waals surface area contributed by atoms with Crippen LogP contribution in [0.5, 0.6) is 0 Å². The van der Waals surface area contributed by atoms with Gasteiger partial charge in [-0.15, -0.1) is 0 Å². The highest BCUT2D eigenvalue weighted by atomic mass is 32.2. The number of nitrogens with one attached hydrogen (secondary N) is 1. The van der Waals surface area contributed by atoms with Gasteiger partial charge in [0.2, 0.25) is 0 Å². The average molecular weight is 306 g/mol. The minimum Gasteiger partial charge on any atom is -0.444 e. The third kappa shape index (κ3) is 13.4. The van der Waals surface area contributed by atoms with E-state index in [-0.39, 0.29) is 6.04 Å². The average Bonchev–Trinajstić information content (AvgIpc) is 2.22. The third-order valence-electron chi connectivity index (χ3n) is 2.21. The Hall–Kier alpha value is -1.08. The summed E-state index contributed by atoms with van der Waals surface area (Å²) < 4.78 is 26.9. The molecule has 3 N–H and O–H groups in total.